The van der Waals surface area contributed by atoms with Gasteiger partial charge >= 0.3 is 0 Å². The Bertz CT molecular complexity index is 963. The molecule has 32 heavy (non-hydrogen) atoms. The lowest BCUT2D eigenvalue weighted by atomic mass is 9.87. The van der Waals surface area contributed by atoms with Crippen LogP contribution in [0.5, 0.6) is 0 Å². The monoisotopic (exact) mass is 443 g/mol. The van der Waals surface area contributed by atoms with E-state index in [9.17, 15) is 23.2 Å². The van der Waals surface area contributed by atoms with Gasteiger partial charge in [-0.1, -0.05) is 30.3 Å². The normalized spacial score (nSPS) is 19.8. The van der Waals surface area contributed by atoms with Crippen molar-refractivity contribution in [3.63, 3.8) is 0 Å². The van der Waals surface area contributed by atoms with Gasteiger partial charge in [0.2, 0.25) is 17.7 Å². The number of halogens is 2. The summed E-state index contributed by atoms with van der Waals surface area (Å²) in [6.45, 7) is 2.10. The van der Waals surface area contributed by atoms with Gasteiger partial charge < -0.3 is 15.5 Å². The summed E-state index contributed by atoms with van der Waals surface area (Å²) in [5.41, 5.74) is 1.13. The Morgan fingerprint density at radius 2 is 1.78 bits per heavy atom. The number of amides is 3. The molecule has 0 unspecified atom stereocenters. The molecule has 2 N–H and O–H groups in total. The first kappa shape index (κ1) is 23.4. The Kier molecular flexibility index (Phi) is 7.56. The van der Waals surface area contributed by atoms with E-state index >= 15 is 0 Å². The predicted molar refractivity (Wildman–Crippen MR) is 116 cm³/mol. The topological polar surface area (TPSA) is 78.5 Å². The van der Waals surface area contributed by atoms with Gasteiger partial charge in [-0.05, 0) is 43.0 Å². The molecule has 6 nitrogen and oxygen atoms in total. The number of likely N-dealkylation sites (tertiary alicyclic amines) is 1. The standard InChI is InChI=1S/C24H27F2N3O3/c1-15(27-21(30)13-16-11-18(25)14-19(26)12-16)23(31)28-22-20(17-7-4-3-5-8-17)9-6-10-29(2)24(22)32/h3-5,7-8,11-12,14-15,20,22H,6,9-10,13H2,1-2H3,(H,27,30)(H,28,31)/t15-,20-,22-/m0/s1. The molecule has 0 radical (unpaired) electrons. The summed E-state index contributed by atoms with van der Waals surface area (Å²) in [6.07, 6.45) is 1.27. The van der Waals surface area contributed by atoms with Gasteiger partial charge in [-0.3, -0.25) is 14.4 Å². The fourth-order valence-electron chi connectivity index (χ4n) is 3.99. The largest absolute Gasteiger partial charge is 0.344 e. The molecule has 1 aliphatic heterocycles. The van der Waals surface area contributed by atoms with E-state index in [1.165, 1.54) is 6.92 Å². The van der Waals surface area contributed by atoms with Crippen LogP contribution in [0.2, 0.25) is 0 Å². The number of likely N-dealkylation sites (N-methyl/N-ethyl adjacent to an activating group) is 1. The minimum Gasteiger partial charge on any atom is -0.344 e. The highest BCUT2D eigenvalue weighted by Crippen LogP contribution is 2.29. The second kappa shape index (κ2) is 10.3. The number of hydrogen-bond donors (Lipinski definition) is 2. The van der Waals surface area contributed by atoms with E-state index in [1.54, 1.807) is 11.9 Å². The summed E-state index contributed by atoms with van der Waals surface area (Å²) in [4.78, 5) is 39.7. The third-order valence-corrected chi connectivity index (χ3v) is 5.64. The van der Waals surface area contributed by atoms with Crippen LogP contribution in [0.4, 0.5) is 8.78 Å². The molecule has 2 aromatic carbocycles. The lowest BCUT2D eigenvalue weighted by molar-refractivity contribution is -0.136. The Morgan fingerprint density at radius 1 is 1.12 bits per heavy atom. The number of nitrogens with one attached hydrogen (secondary N) is 2. The lowest BCUT2D eigenvalue weighted by Gasteiger charge is -2.28. The van der Waals surface area contributed by atoms with E-state index in [4.69, 9.17) is 0 Å². The van der Waals surface area contributed by atoms with E-state index in [0.717, 1.165) is 36.6 Å². The van der Waals surface area contributed by atoms with Gasteiger partial charge in [-0.25, -0.2) is 8.78 Å². The molecule has 1 heterocycles. The Hall–Kier alpha value is -3.29. The summed E-state index contributed by atoms with van der Waals surface area (Å²) >= 11 is 0. The van der Waals surface area contributed by atoms with E-state index in [1.807, 2.05) is 30.3 Å². The zero-order valence-electron chi connectivity index (χ0n) is 18.1. The van der Waals surface area contributed by atoms with Crippen LogP contribution in [-0.2, 0) is 20.8 Å². The van der Waals surface area contributed by atoms with E-state index in [0.29, 0.717) is 6.54 Å². The third-order valence-electron chi connectivity index (χ3n) is 5.64. The number of carbonyl (C=O) groups is 3. The SMILES string of the molecule is C[C@H](NC(=O)Cc1cc(F)cc(F)c1)C(=O)N[C@@H]1C(=O)N(C)CCC[C@H]1c1ccccc1. The molecule has 3 amide bonds. The average molecular weight is 443 g/mol. The maximum absolute atomic E-state index is 13.3. The second-order valence-electron chi connectivity index (χ2n) is 8.15. The first-order valence-electron chi connectivity index (χ1n) is 10.6. The van der Waals surface area contributed by atoms with Gasteiger partial charge in [-0.15, -0.1) is 0 Å². The number of carbonyl (C=O) groups excluding carboxylic acids is 3. The van der Waals surface area contributed by atoms with Crippen LogP contribution in [0.15, 0.2) is 48.5 Å². The highest BCUT2D eigenvalue weighted by atomic mass is 19.1. The molecular weight excluding hydrogens is 416 g/mol. The van der Waals surface area contributed by atoms with Gasteiger partial charge in [0, 0.05) is 25.6 Å². The highest BCUT2D eigenvalue weighted by Gasteiger charge is 2.36. The second-order valence-corrected chi connectivity index (χ2v) is 8.15. The summed E-state index contributed by atoms with van der Waals surface area (Å²) in [6, 6.07) is 10.7. The zero-order chi connectivity index (χ0) is 23.3. The molecule has 3 atom stereocenters. The van der Waals surface area contributed by atoms with Crippen LogP contribution >= 0.6 is 0 Å². The fraction of sp³-hybridized carbons (Fsp3) is 0.375. The van der Waals surface area contributed by atoms with E-state index in [2.05, 4.69) is 10.6 Å². The molecular formula is C24H27F2N3O3. The van der Waals surface area contributed by atoms with E-state index < -0.39 is 35.5 Å². The molecule has 0 bridgehead atoms. The van der Waals surface area contributed by atoms with Crippen LogP contribution < -0.4 is 10.6 Å². The maximum atomic E-state index is 13.3. The van der Waals surface area contributed by atoms with Crippen molar-refractivity contribution in [2.45, 2.75) is 44.2 Å². The van der Waals surface area contributed by atoms with Crippen molar-refractivity contribution in [2.24, 2.45) is 0 Å². The molecule has 0 spiro atoms. The Morgan fingerprint density at radius 3 is 2.44 bits per heavy atom. The molecule has 0 aromatic heterocycles. The first-order valence-corrected chi connectivity index (χ1v) is 10.6. The number of rotatable bonds is 6. The van der Waals surface area contributed by atoms with Crippen molar-refractivity contribution in [2.75, 3.05) is 13.6 Å². The van der Waals surface area contributed by atoms with Crippen LogP contribution in [0.3, 0.4) is 0 Å². The third kappa shape index (κ3) is 5.90. The minimum absolute atomic E-state index is 0.164. The van der Waals surface area contributed by atoms with Crippen LogP contribution in [-0.4, -0.2) is 48.3 Å². The van der Waals surface area contributed by atoms with Crippen LogP contribution in [0, 0.1) is 11.6 Å². The fourth-order valence-corrected chi connectivity index (χ4v) is 3.99. The molecule has 8 heteroatoms. The number of nitrogens with zero attached hydrogens (tertiary/aromatic N) is 1. The summed E-state index contributed by atoms with van der Waals surface area (Å²) in [5, 5.41) is 5.34. The van der Waals surface area contributed by atoms with Crippen LogP contribution in [0.25, 0.3) is 0 Å². The number of benzene rings is 2. The molecule has 2 aromatic rings. The molecule has 0 saturated carbocycles. The predicted octanol–water partition coefficient (Wildman–Crippen LogP) is 2.53. The molecule has 1 saturated heterocycles. The summed E-state index contributed by atoms with van der Waals surface area (Å²) in [5.74, 6) is -2.97. The van der Waals surface area contributed by atoms with E-state index in [-0.39, 0.29) is 23.8 Å². The maximum Gasteiger partial charge on any atom is 0.245 e. The van der Waals surface area contributed by atoms with Crippen molar-refractivity contribution in [3.8, 4) is 0 Å². The molecule has 1 fully saturated rings. The molecule has 170 valence electrons. The van der Waals surface area contributed by atoms with Gasteiger partial charge in [0.15, 0.2) is 0 Å². The summed E-state index contributed by atoms with van der Waals surface area (Å²) in [7, 11) is 1.71. The Labute approximate surface area is 186 Å². The average Bonchev–Trinajstić information content (AvgIpc) is 2.87. The minimum atomic E-state index is -0.932. The number of hydrogen-bond acceptors (Lipinski definition) is 3. The van der Waals surface area contributed by atoms with Crippen molar-refractivity contribution < 1.29 is 23.2 Å². The molecule has 3 rings (SSSR count). The lowest BCUT2D eigenvalue weighted by Crippen LogP contribution is -2.54. The van der Waals surface area contributed by atoms with Crippen molar-refractivity contribution >= 4 is 17.7 Å². The van der Waals surface area contributed by atoms with Gasteiger partial charge in [0.05, 0.1) is 6.42 Å². The molecule has 0 aliphatic carbocycles. The van der Waals surface area contributed by atoms with Crippen molar-refractivity contribution in [1.29, 1.82) is 0 Å². The smallest absolute Gasteiger partial charge is 0.245 e. The van der Waals surface area contributed by atoms with Gasteiger partial charge in [0.25, 0.3) is 0 Å². The zero-order valence-corrected chi connectivity index (χ0v) is 18.1. The molecule has 1 aliphatic rings. The highest BCUT2D eigenvalue weighted by molar-refractivity contribution is 5.92. The Balaban J connectivity index is 1.68. The van der Waals surface area contributed by atoms with Gasteiger partial charge in [-0.2, -0.15) is 0 Å². The van der Waals surface area contributed by atoms with Crippen molar-refractivity contribution in [1.82, 2.24) is 15.5 Å². The van der Waals surface area contributed by atoms with Crippen LogP contribution in [0.1, 0.15) is 36.8 Å². The van der Waals surface area contributed by atoms with Crippen molar-refractivity contribution in [3.05, 3.63) is 71.3 Å². The summed E-state index contributed by atoms with van der Waals surface area (Å²) < 4.78 is 26.7. The quantitative estimate of drug-likeness (QED) is 0.720. The first-order chi connectivity index (χ1) is 15.2. The van der Waals surface area contributed by atoms with Gasteiger partial charge in [0.1, 0.15) is 23.7 Å².